The van der Waals surface area contributed by atoms with Gasteiger partial charge in [-0.25, -0.2) is 17.5 Å². The van der Waals surface area contributed by atoms with E-state index in [4.69, 9.17) is 16.7 Å². The van der Waals surface area contributed by atoms with Gasteiger partial charge >= 0.3 is 5.97 Å². The lowest BCUT2D eigenvalue weighted by Crippen LogP contribution is -2.40. The maximum Gasteiger partial charge on any atom is 0.307 e. The van der Waals surface area contributed by atoms with Crippen LogP contribution < -0.4 is 4.72 Å². The van der Waals surface area contributed by atoms with E-state index in [9.17, 15) is 17.6 Å². The third-order valence-corrected chi connectivity index (χ3v) is 4.70. The number of sulfonamides is 1. The maximum absolute atomic E-state index is 13.1. The first-order chi connectivity index (χ1) is 8.65. The molecule has 2 N–H and O–H groups in total. The third kappa shape index (κ3) is 3.89. The molecule has 0 bridgehead atoms. The van der Waals surface area contributed by atoms with Crippen molar-refractivity contribution in [2.24, 2.45) is 5.92 Å². The Morgan fingerprint density at radius 1 is 1.42 bits per heavy atom. The summed E-state index contributed by atoms with van der Waals surface area (Å²) in [7, 11) is -4.08. The van der Waals surface area contributed by atoms with Crippen LogP contribution in [0.2, 0.25) is 5.02 Å². The minimum Gasteiger partial charge on any atom is -0.481 e. The minimum absolute atomic E-state index is 0.135. The van der Waals surface area contributed by atoms with Crippen molar-refractivity contribution in [2.45, 2.75) is 24.8 Å². The van der Waals surface area contributed by atoms with E-state index in [1.54, 1.807) is 0 Å². The monoisotopic (exact) mass is 309 g/mol. The van der Waals surface area contributed by atoms with E-state index in [1.807, 2.05) is 0 Å². The highest BCUT2D eigenvalue weighted by atomic mass is 35.5. The summed E-state index contributed by atoms with van der Waals surface area (Å²) in [6, 6.07) is 2.08. The van der Waals surface area contributed by atoms with Gasteiger partial charge in [-0.05, 0) is 25.1 Å². The number of hydrogen-bond donors (Lipinski definition) is 2. The molecule has 0 heterocycles. The van der Waals surface area contributed by atoms with Crippen LogP contribution in [0.5, 0.6) is 0 Å². The molecule has 19 heavy (non-hydrogen) atoms. The van der Waals surface area contributed by atoms with E-state index >= 15 is 0 Å². The molecule has 1 rings (SSSR count). The molecule has 0 fully saturated rings. The molecule has 0 radical (unpaired) electrons. The van der Waals surface area contributed by atoms with Crippen molar-refractivity contribution in [1.29, 1.82) is 0 Å². The van der Waals surface area contributed by atoms with Crippen molar-refractivity contribution < 1.29 is 22.7 Å². The predicted octanol–water partition coefficient (Wildman–Crippen LogP) is 1.87. The summed E-state index contributed by atoms with van der Waals surface area (Å²) in [5.41, 5.74) is 0. The molecule has 2 atom stereocenters. The Bertz CT molecular complexity index is 590. The Morgan fingerprint density at radius 2 is 2.00 bits per heavy atom. The Labute approximate surface area is 115 Å². The summed E-state index contributed by atoms with van der Waals surface area (Å²) in [5.74, 6) is -2.81. The highest BCUT2D eigenvalue weighted by molar-refractivity contribution is 7.89. The van der Waals surface area contributed by atoms with Gasteiger partial charge in [0.25, 0.3) is 0 Å². The molecule has 1 aromatic carbocycles. The maximum atomic E-state index is 13.1. The molecule has 0 saturated heterocycles. The van der Waals surface area contributed by atoms with E-state index in [2.05, 4.69) is 4.72 Å². The number of carboxylic acids is 1. The first-order valence-corrected chi connectivity index (χ1v) is 7.21. The average molecular weight is 310 g/mol. The number of hydrogen-bond acceptors (Lipinski definition) is 3. The summed E-state index contributed by atoms with van der Waals surface area (Å²) < 4.78 is 39.2. The van der Waals surface area contributed by atoms with Crippen LogP contribution in [0.25, 0.3) is 0 Å². The van der Waals surface area contributed by atoms with Crippen LogP contribution in [0.15, 0.2) is 23.1 Å². The Morgan fingerprint density at radius 3 is 2.53 bits per heavy atom. The normalized spacial score (nSPS) is 14.9. The molecule has 0 aliphatic carbocycles. The van der Waals surface area contributed by atoms with Crippen LogP contribution in [-0.4, -0.2) is 25.5 Å². The lowest BCUT2D eigenvalue weighted by molar-refractivity contribution is -0.141. The summed E-state index contributed by atoms with van der Waals surface area (Å²) in [5, 5.41) is 8.66. The SMILES string of the molecule is CC(NS(=O)(=O)c1cc(F)ccc1Cl)C(C)C(=O)O. The number of benzene rings is 1. The highest BCUT2D eigenvalue weighted by Gasteiger charge is 2.26. The van der Waals surface area contributed by atoms with Gasteiger partial charge in [0.2, 0.25) is 10.0 Å². The number of rotatable bonds is 5. The average Bonchev–Trinajstić information content (AvgIpc) is 2.30. The predicted molar refractivity (Wildman–Crippen MR) is 68.0 cm³/mol. The summed E-state index contributed by atoms with van der Waals surface area (Å²) >= 11 is 5.70. The minimum atomic E-state index is -4.08. The summed E-state index contributed by atoms with van der Waals surface area (Å²) in [4.78, 5) is 10.3. The molecule has 5 nitrogen and oxygen atoms in total. The topological polar surface area (TPSA) is 83.5 Å². The van der Waals surface area contributed by atoms with Gasteiger partial charge in [-0.15, -0.1) is 0 Å². The van der Waals surface area contributed by atoms with E-state index < -0.39 is 38.7 Å². The van der Waals surface area contributed by atoms with E-state index in [1.165, 1.54) is 13.8 Å². The zero-order valence-corrected chi connectivity index (χ0v) is 11.8. The number of nitrogens with one attached hydrogen (secondary N) is 1. The van der Waals surface area contributed by atoms with Gasteiger partial charge in [-0.1, -0.05) is 18.5 Å². The Kier molecular flexibility index (Phi) is 4.89. The van der Waals surface area contributed by atoms with E-state index in [-0.39, 0.29) is 5.02 Å². The molecular weight excluding hydrogens is 297 g/mol. The molecule has 0 amide bonds. The van der Waals surface area contributed by atoms with Crippen molar-refractivity contribution in [1.82, 2.24) is 4.72 Å². The quantitative estimate of drug-likeness (QED) is 0.869. The number of carboxylic acid groups (broad SMARTS) is 1. The lowest BCUT2D eigenvalue weighted by atomic mass is 10.1. The molecule has 0 saturated carbocycles. The van der Waals surface area contributed by atoms with Gasteiger partial charge in [-0.2, -0.15) is 0 Å². The molecule has 0 aliphatic rings. The zero-order valence-electron chi connectivity index (χ0n) is 10.2. The molecule has 1 aromatic rings. The van der Waals surface area contributed by atoms with Gasteiger partial charge in [0, 0.05) is 6.04 Å². The second-order valence-corrected chi connectivity index (χ2v) is 6.20. The molecule has 0 aliphatic heterocycles. The largest absolute Gasteiger partial charge is 0.481 e. The van der Waals surface area contributed by atoms with Gasteiger partial charge in [-0.3, -0.25) is 4.79 Å². The first-order valence-electron chi connectivity index (χ1n) is 5.35. The van der Waals surface area contributed by atoms with Crippen LogP contribution >= 0.6 is 11.6 Å². The molecular formula is C11H13ClFNO4S. The fourth-order valence-electron chi connectivity index (χ4n) is 1.31. The van der Waals surface area contributed by atoms with Crippen molar-refractivity contribution >= 4 is 27.6 Å². The second-order valence-electron chi connectivity index (χ2n) is 4.11. The van der Waals surface area contributed by atoms with Crippen LogP contribution in [0, 0.1) is 11.7 Å². The highest BCUT2D eigenvalue weighted by Crippen LogP contribution is 2.22. The number of aliphatic carboxylic acids is 1. The fourth-order valence-corrected chi connectivity index (χ4v) is 3.14. The number of halogens is 2. The molecule has 8 heteroatoms. The fraction of sp³-hybridized carbons (Fsp3) is 0.364. The third-order valence-electron chi connectivity index (χ3n) is 2.66. The van der Waals surface area contributed by atoms with Crippen LogP contribution in [0.1, 0.15) is 13.8 Å². The van der Waals surface area contributed by atoms with E-state index in [0.717, 1.165) is 18.2 Å². The lowest BCUT2D eigenvalue weighted by Gasteiger charge is -2.18. The van der Waals surface area contributed by atoms with E-state index in [0.29, 0.717) is 0 Å². The summed E-state index contributed by atoms with van der Waals surface area (Å²) in [6.45, 7) is 2.77. The first kappa shape index (κ1) is 15.9. The molecule has 0 aromatic heterocycles. The van der Waals surface area contributed by atoms with Gasteiger partial charge < -0.3 is 5.11 Å². The van der Waals surface area contributed by atoms with Crippen LogP contribution in [0.4, 0.5) is 4.39 Å². The van der Waals surface area contributed by atoms with Crippen LogP contribution in [-0.2, 0) is 14.8 Å². The second kappa shape index (κ2) is 5.85. The van der Waals surface area contributed by atoms with Crippen molar-refractivity contribution in [3.63, 3.8) is 0 Å². The smallest absolute Gasteiger partial charge is 0.307 e. The summed E-state index contributed by atoms with van der Waals surface area (Å²) in [6.07, 6.45) is 0. The molecule has 0 spiro atoms. The van der Waals surface area contributed by atoms with Crippen molar-refractivity contribution in [2.75, 3.05) is 0 Å². The van der Waals surface area contributed by atoms with Crippen LogP contribution in [0.3, 0.4) is 0 Å². The zero-order chi connectivity index (χ0) is 14.8. The molecule has 2 unspecified atom stereocenters. The number of carbonyl (C=O) groups is 1. The standard InChI is InChI=1S/C11H13ClFNO4S/c1-6(11(15)16)7(2)14-19(17,18)10-5-8(13)3-4-9(10)12/h3-7,14H,1-2H3,(H,15,16). The van der Waals surface area contributed by atoms with Gasteiger partial charge in [0.1, 0.15) is 10.7 Å². The molecule has 106 valence electrons. The van der Waals surface area contributed by atoms with Gasteiger partial charge in [0.15, 0.2) is 0 Å². The Hall–Kier alpha value is -1.18. The Balaban J connectivity index is 3.05. The van der Waals surface area contributed by atoms with Crippen molar-refractivity contribution in [3.8, 4) is 0 Å². The van der Waals surface area contributed by atoms with Crippen molar-refractivity contribution in [3.05, 3.63) is 29.0 Å². The van der Waals surface area contributed by atoms with Gasteiger partial charge in [0.05, 0.1) is 10.9 Å².